The van der Waals surface area contributed by atoms with Gasteiger partial charge in [0.05, 0.1) is 0 Å². The Labute approximate surface area is 117 Å². The lowest BCUT2D eigenvalue weighted by atomic mass is 9.85. The topological polar surface area (TPSA) is 23.5 Å². The molecule has 1 atom stereocenters. The van der Waals surface area contributed by atoms with E-state index in [1.807, 2.05) is 0 Å². The molecule has 1 heterocycles. The Kier molecular flexibility index (Phi) is 3.65. The van der Waals surface area contributed by atoms with Crippen molar-refractivity contribution in [3.63, 3.8) is 0 Å². The van der Waals surface area contributed by atoms with Gasteiger partial charge in [-0.15, -0.1) is 0 Å². The van der Waals surface area contributed by atoms with E-state index >= 15 is 0 Å². The number of benzene rings is 1. The van der Waals surface area contributed by atoms with Gasteiger partial charge in [0, 0.05) is 30.3 Å². The summed E-state index contributed by atoms with van der Waals surface area (Å²) in [7, 11) is 0. The molecule has 19 heavy (non-hydrogen) atoms. The van der Waals surface area contributed by atoms with Gasteiger partial charge >= 0.3 is 0 Å². The average Bonchev–Trinajstić information content (AvgIpc) is 2.63. The molecule has 2 nitrogen and oxygen atoms in total. The van der Waals surface area contributed by atoms with Crippen LogP contribution < -0.4 is 4.90 Å². The van der Waals surface area contributed by atoms with Crippen LogP contribution in [0.5, 0.6) is 0 Å². The monoisotopic (exact) mass is 261 g/mol. The quantitative estimate of drug-likeness (QED) is 0.879. The standard InChI is InChI=1S/C17H27NO/c1-16(2,3)14-8-6-7-9-15(14)18-11-13(12-19)10-17(18,4)5/h6-9,13,19H,10-12H2,1-5H3. The van der Waals surface area contributed by atoms with Crippen molar-refractivity contribution in [1.29, 1.82) is 0 Å². The highest BCUT2D eigenvalue weighted by Crippen LogP contribution is 2.41. The normalized spacial score (nSPS) is 22.8. The fourth-order valence-corrected chi connectivity index (χ4v) is 3.28. The van der Waals surface area contributed by atoms with Gasteiger partial charge in [-0.3, -0.25) is 0 Å². The summed E-state index contributed by atoms with van der Waals surface area (Å²) in [6, 6.07) is 8.70. The maximum Gasteiger partial charge on any atom is 0.0477 e. The van der Waals surface area contributed by atoms with Crippen LogP contribution in [0.2, 0.25) is 0 Å². The highest BCUT2D eigenvalue weighted by atomic mass is 16.3. The second kappa shape index (κ2) is 4.82. The molecule has 1 fully saturated rings. The molecular weight excluding hydrogens is 234 g/mol. The molecule has 1 aromatic carbocycles. The molecule has 0 amide bonds. The number of anilines is 1. The van der Waals surface area contributed by atoms with Crippen molar-refractivity contribution in [3.05, 3.63) is 29.8 Å². The largest absolute Gasteiger partial charge is 0.396 e. The van der Waals surface area contributed by atoms with Crippen LogP contribution in [0.3, 0.4) is 0 Å². The Balaban J connectivity index is 2.42. The van der Waals surface area contributed by atoms with Crippen LogP contribution in [0.4, 0.5) is 5.69 Å². The SMILES string of the molecule is CC(C)(C)c1ccccc1N1CC(CO)CC1(C)C. The minimum Gasteiger partial charge on any atom is -0.396 e. The Morgan fingerprint density at radius 3 is 2.42 bits per heavy atom. The predicted octanol–water partition coefficient (Wildman–Crippen LogP) is 3.58. The molecule has 0 radical (unpaired) electrons. The molecule has 2 rings (SSSR count). The Hall–Kier alpha value is -1.02. The number of aliphatic hydroxyl groups excluding tert-OH is 1. The molecule has 1 aromatic rings. The van der Waals surface area contributed by atoms with E-state index in [1.54, 1.807) is 0 Å². The average molecular weight is 261 g/mol. The zero-order valence-electron chi connectivity index (χ0n) is 12.9. The van der Waals surface area contributed by atoms with Crippen LogP contribution in [0.1, 0.15) is 46.6 Å². The van der Waals surface area contributed by atoms with Crippen molar-refractivity contribution < 1.29 is 5.11 Å². The zero-order chi connectivity index (χ0) is 14.3. The molecule has 106 valence electrons. The van der Waals surface area contributed by atoms with Crippen LogP contribution in [-0.4, -0.2) is 23.8 Å². The summed E-state index contributed by atoms with van der Waals surface area (Å²) < 4.78 is 0. The third-order valence-electron chi connectivity index (χ3n) is 4.22. The zero-order valence-corrected chi connectivity index (χ0v) is 12.9. The molecule has 2 heteroatoms. The van der Waals surface area contributed by atoms with E-state index in [2.05, 4.69) is 63.8 Å². The van der Waals surface area contributed by atoms with Crippen LogP contribution in [-0.2, 0) is 5.41 Å². The van der Waals surface area contributed by atoms with E-state index < -0.39 is 0 Å². The predicted molar refractivity (Wildman–Crippen MR) is 81.8 cm³/mol. The van der Waals surface area contributed by atoms with Gasteiger partial charge in [0.2, 0.25) is 0 Å². The molecule has 0 aliphatic carbocycles. The highest BCUT2D eigenvalue weighted by molar-refractivity contribution is 5.59. The van der Waals surface area contributed by atoms with Crippen LogP contribution in [0, 0.1) is 5.92 Å². The lowest BCUT2D eigenvalue weighted by Crippen LogP contribution is -2.39. The number of nitrogens with zero attached hydrogens (tertiary/aromatic N) is 1. The summed E-state index contributed by atoms with van der Waals surface area (Å²) in [5.74, 6) is 0.392. The number of para-hydroxylation sites is 1. The summed E-state index contributed by atoms with van der Waals surface area (Å²) in [6.07, 6.45) is 1.06. The first-order valence-electron chi connectivity index (χ1n) is 7.24. The molecule has 1 aliphatic heterocycles. The maximum absolute atomic E-state index is 9.47. The van der Waals surface area contributed by atoms with Gasteiger partial charge in [-0.25, -0.2) is 0 Å². The Morgan fingerprint density at radius 1 is 1.26 bits per heavy atom. The van der Waals surface area contributed by atoms with Gasteiger partial charge in [-0.1, -0.05) is 39.0 Å². The van der Waals surface area contributed by atoms with E-state index in [0.717, 1.165) is 13.0 Å². The molecule has 1 N–H and O–H groups in total. The fourth-order valence-electron chi connectivity index (χ4n) is 3.28. The van der Waals surface area contributed by atoms with E-state index in [-0.39, 0.29) is 17.6 Å². The minimum absolute atomic E-state index is 0.120. The number of hydrogen-bond acceptors (Lipinski definition) is 2. The van der Waals surface area contributed by atoms with Crippen LogP contribution >= 0.6 is 0 Å². The van der Waals surface area contributed by atoms with Crippen LogP contribution in [0.15, 0.2) is 24.3 Å². The lowest BCUT2D eigenvalue weighted by Gasteiger charge is -2.37. The minimum atomic E-state index is 0.120. The first kappa shape index (κ1) is 14.4. The molecule has 0 spiro atoms. The molecule has 0 saturated carbocycles. The van der Waals surface area contributed by atoms with E-state index in [0.29, 0.717) is 5.92 Å². The first-order chi connectivity index (χ1) is 8.75. The number of hydrogen-bond donors (Lipinski definition) is 1. The van der Waals surface area contributed by atoms with Crippen LogP contribution in [0.25, 0.3) is 0 Å². The van der Waals surface area contributed by atoms with Crippen molar-refractivity contribution in [3.8, 4) is 0 Å². The van der Waals surface area contributed by atoms with E-state index in [4.69, 9.17) is 0 Å². The van der Waals surface area contributed by atoms with Gasteiger partial charge in [-0.2, -0.15) is 0 Å². The Bertz CT molecular complexity index is 445. The number of aliphatic hydroxyl groups is 1. The van der Waals surface area contributed by atoms with E-state index in [9.17, 15) is 5.11 Å². The van der Waals surface area contributed by atoms with Gasteiger partial charge in [0.15, 0.2) is 0 Å². The van der Waals surface area contributed by atoms with Crippen molar-refractivity contribution in [2.24, 2.45) is 5.92 Å². The molecule has 0 bridgehead atoms. The summed E-state index contributed by atoms with van der Waals surface area (Å²) in [5, 5.41) is 9.47. The molecule has 0 aromatic heterocycles. The highest BCUT2D eigenvalue weighted by Gasteiger charge is 2.39. The van der Waals surface area contributed by atoms with Crippen molar-refractivity contribution in [2.75, 3.05) is 18.1 Å². The lowest BCUT2D eigenvalue weighted by molar-refractivity contribution is 0.232. The smallest absolute Gasteiger partial charge is 0.0477 e. The summed E-state index contributed by atoms with van der Waals surface area (Å²) in [6.45, 7) is 12.6. The van der Waals surface area contributed by atoms with Gasteiger partial charge < -0.3 is 10.0 Å². The van der Waals surface area contributed by atoms with Gasteiger partial charge in [0.1, 0.15) is 0 Å². The van der Waals surface area contributed by atoms with Crippen molar-refractivity contribution in [1.82, 2.24) is 0 Å². The van der Waals surface area contributed by atoms with Gasteiger partial charge in [-0.05, 0) is 37.3 Å². The maximum atomic E-state index is 9.47. The molecule has 1 aliphatic rings. The van der Waals surface area contributed by atoms with E-state index in [1.165, 1.54) is 11.3 Å². The second-order valence-corrected chi connectivity index (χ2v) is 7.44. The fraction of sp³-hybridized carbons (Fsp3) is 0.647. The summed E-state index contributed by atoms with van der Waals surface area (Å²) in [5.41, 5.74) is 2.98. The molecule has 1 unspecified atom stereocenters. The molecule has 1 saturated heterocycles. The second-order valence-electron chi connectivity index (χ2n) is 7.44. The van der Waals surface area contributed by atoms with Crippen molar-refractivity contribution >= 4 is 5.69 Å². The first-order valence-corrected chi connectivity index (χ1v) is 7.24. The third-order valence-corrected chi connectivity index (χ3v) is 4.22. The Morgan fingerprint density at radius 2 is 1.89 bits per heavy atom. The third kappa shape index (κ3) is 2.79. The van der Waals surface area contributed by atoms with Crippen molar-refractivity contribution in [2.45, 2.75) is 52.0 Å². The summed E-state index contributed by atoms with van der Waals surface area (Å²) in [4.78, 5) is 2.48. The molecular formula is C17H27NO. The number of rotatable bonds is 2. The summed E-state index contributed by atoms with van der Waals surface area (Å²) >= 11 is 0. The van der Waals surface area contributed by atoms with Gasteiger partial charge in [0.25, 0.3) is 0 Å².